The fourth-order valence-corrected chi connectivity index (χ4v) is 1.49. The standard InChI is InChI=1S/C12H10N2O3/c1-9-2-4-10(5-3-9)13-8-11(14(16)17)6-7-12(13)15/h2-8H,1H3. The number of aryl methyl sites for hydroxylation is 1. The zero-order valence-corrected chi connectivity index (χ0v) is 9.16. The maximum absolute atomic E-state index is 11.6. The van der Waals surface area contributed by atoms with Gasteiger partial charge in [-0.3, -0.25) is 19.5 Å². The molecule has 2 rings (SSSR count). The number of aromatic nitrogens is 1. The van der Waals surface area contributed by atoms with Crippen LogP contribution in [0.25, 0.3) is 5.69 Å². The van der Waals surface area contributed by atoms with Crippen LogP contribution in [0, 0.1) is 17.0 Å². The van der Waals surface area contributed by atoms with Crippen molar-refractivity contribution in [3.05, 3.63) is 68.6 Å². The van der Waals surface area contributed by atoms with Crippen molar-refractivity contribution in [3.63, 3.8) is 0 Å². The van der Waals surface area contributed by atoms with E-state index in [0.29, 0.717) is 5.69 Å². The summed E-state index contributed by atoms with van der Waals surface area (Å²) in [6, 6.07) is 9.59. The first-order valence-corrected chi connectivity index (χ1v) is 5.02. The first kappa shape index (κ1) is 11.1. The Hall–Kier alpha value is -2.43. The molecular formula is C12H10N2O3. The van der Waals surface area contributed by atoms with Gasteiger partial charge in [-0.2, -0.15) is 0 Å². The molecule has 0 radical (unpaired) electrons. The van der Waals surface area contributed by atoms with E-state index in [2.05, 4.69) is 0 Å². The smallest absolute Gasteiger partial charge is 0.277 e. The zero-order valence-electron chi connectivity index (χ0n) is 9.16. The number of hydrogen-bond acceptors (Lipinski definition) is 3. The molecule has 86 valence electrons. The van der Waals surface area contributed by atoms with Crippen LogP contribution in [-0.2, 0) is 0 Å². The van der Waals surface area contributed by atoms with Crippen LogP contribution in [0.15, 0.2) is 47.4 Å². The van der Waals surface area contributed by atoms with Crippen molar-refractivity contribution in [2.24, 2.45) is 0 Å². The van der Waals surface area contributed by atoms with Crippen LogP contribution in [-0.4, -0.2) is 9.49 Å². The number of hydrogen-bond donors (Lipinski definition) is 0. The normalized spacial score (nSPS) is 10.2. The molecule has 0 fully saturated rings. The molecular weight excluding hydrogens is 220 g/mol. The van der Waals surface area contributed by atoms with Gasteiger partial charge in [0.25, 0.3) is 11.2 Å². The molecule has 2 aromatic rings. The van der Waals surface area contributed by atoms with Crippen LogP contribution in [0.4, 0.5) is 5.69 Å². The summed E-state index contributed by atoms with van der Waals surface area (Å²) >= 11 is 0. The molecule has 0 saturated heterocycles. The molecule has 17 heavy (non-hydrogen) atoms. The van der Waals surface area contributed by atoms with Crippen LogP contribution < -0.4 is 5.56 Å². The Kier molecular flexibility index (Phi) is 2.74. The van der Waals surface area contributed by atoms with Gasteiger partial charge in [0.1, 0.15) is 0 Å². The maximum Gasteiger partial charge on any atom is 0.286 e. The van der Waals surface area contributed by atoms with Gasteiger partial charge in [-0.15, -0.1) is 0 Å². The summed E-state index contributed by atoms with van der Waals surface area (Å²) in [5.74, 6) is 0. The highest BCUT2D eigenvalue weighted by Crippen LogP contribution is 2.12. The molecule has 5 heteroatoms. The third-order valence-electron chi connectivity index (χ3n) is 2.42. The van der Waals surface area contributed by atoms with Gasteiger partial charge in [0.05, 0.1) is 11.1 Å². The van der Waals surface area contributed by atoms with Crippen molar-refractivity contribution in [2.45, 2.75) is 6.92 Å². The summed E-state index contributed by atoms with van der Waals surface area (Å²) < 4.78 is 1.26. The molecule has 0 atom stereocenters. The second kappa shape index (κ2) is 4.21. The minimum absolute atomic E-state index is 0.106. The minimum Gasteiger partial charge on any atom is -0.277 e. The maximum atomic E-state index is 11.6. The van der Waals surface area contributed by atoms with Crippen LogP contribution in [0.3, 0.4) is 0 Å². The first-order valence-electron chi connectivity index (χ1n) is 5.02. The largest absolute Gasteiger partial charge is 0.286 e. The van der Waals surface area contributed by atoms with Gasteiger partial charge in [0.2, 0.25) is 0 Å². The predicted octanol–water partition coefficient (Wildman–Crippen LogP) is 2.05. The molecule has 0 unspecified atom stereocenters. The zero-order chi connectivity index (χ0) is 12.4. The Morgan fingerprint density at radius 2 is 1.76 bits per heavy atom. The lowest BCUT2D eigenvalue weighted by Gasteiger charge is -2.05. The summed E-state index contributed by atoms with van der Waals surface area (Å²) in [5.41, 5.74) is 1.28. The Labute approximate surface area is 97.1 Å². The van der Waals surface area contributed by atoms with E-state index < -0.39 is 4.92 Å². The third kappa shape index (κ3) is 2.23. The monoisotopic (exact) mass is 230 g/mol. The van der Waals surface area contributed by atoms with E-state index in [-0.39, 0.29) is 11.2 Å². The van der Waals surface area contributed by atoms with E-state index in [9.17, 15) is 14.9 Å². The fourth-order valence-electron chi connectivity index (χ4n) is 1.49. The molecule has 0 amide bonds. The van der Waals surface area contributed by atoms with Crippen molar-refractivity contribution in [2.75, 3.05) is 0 Å². The van der Waals surface area contributed by atoms with E-state index in [1.54, 1.807) is 12.1 Å². The van der Waals surface area contributed by atoms with E-state index in [1.165, 1.54) is 22.9 Å². The summed E-state index contributed by atoms with van der Waals surface area (Å²) in [4.78, 5) is 21.7. The van der Waals surface area contributed by atoms with Crippen LogP contribution in [0.5, 0.6) is 0 Å². The number of benzene rings is 1. The van der Waals surface area contributed by atoms with Crippen molar-refractivity contribution in [1.82, 2.24) is 4.57 Å². The van der Waals surface area contributed by atoms with Gasteiger partial charge in [-0.25, -0.2) is 0 Å². The van der Waals surface area contributed by atoms with Crippen molar-refractivity contribution in [1.29, 1.82) is 0 Å². The average molecular weight is 230 g/mol. The molecule has 0 aliphatic rings. The number of pyridine rings is 1. The second-order valence-corrected chi connectivity index (χ2v) is 3.69. The number of rotatable bonds is 2. The highest BCUT2D eigenvalue weighted by molar-refractivity contribution is 5.37. The van der Waals surface area contributed by atoms with Gasteiger partial charge in [0.15, 0.2) is 0 Å². The molecule has 0 bridgehead atoms. The Morgan fingerprint density at radius 1 is 1.12 bits per heavy atom. The van der Waals surface area contributed by atoms with Gasteiger partial charge < -0.3 is 0 Å². The Balaban J connectivity index is 2.58. The van der Waals surface area contributed by atoms with E-state index in [1.807, 2.05) is 19.1 Å². The van der Waals surface area contributed by atoms with Gasteiger partial charge in [0, 0.05) is 17.8 Å². The quantitative estimate of drug-likeness (QED) is 0.585. The molecule has 0 aliphatic heterocycles. The molecule has 1 aromatic heterocycles. The fraction of sp³-hybridized carbons (Fsp3) is 0.0833. The summed E-state index contributed by atoms with van der Waals surface area (Å²) in [6.07, 6.45) is 1.23. The lowest BCUT2D eigenvalue weighted by atomic mass is 10.2. The third-order valence-corrected chi connectivity index (χ3v) is 2.42. The summed E-state index contributed by atoms with van der Waals surface area (Å²) in [7, 11) is 0. The van der Waals surface area contributed by atoms with Crippen molar-refractivity contribution >= 4 is 5.69 Å². The Bertz CT molecular complexity index is 614. The lowest BCUT2D eigenvalue weighted by Crippen LogP contribution is -2.16. The predicted molar refractivity (Wildman–Crippen MR) is 63.4 cm³/mol. The second-order valence-electron chi connectivity index (χ2n) is 3.69. The highest BCUT2D eigenvalue weighted by atomic mass is 16.6. The highest BCUT2D eigenvalue weighted by Gasteiger charge is 2.08. The van der Waals surface area contributed by atoms with Gasteiger partial charge in [-0.05, 0) is 19.1 Å². The van der Waals surface area contributed by atoms with Crippen molar-refractivity contribution in [3.8, 4) is 5.69 Å². The van der Waals surface area contributed by atoms with Crippen LogP contribution >= 0.6 is 0 Å². The molecule has 0 spiro atoms. The Morgan fingerprint density at radius 3 is 2.35 bits per heavy atom. The molecule has 1 heterocycles. The van der Waals surface area contributed by atoms with Gasteiger partial charge >= 0.3 is 0 Å². The molecule has 0 saturated carbocycles. The van der Waals surface area contributed by atoms with Crippen molar-refractivity contribution < 1.29 is 4.92 Å². The lowest BCUT2D eigenvalue weighted by molar-refractivity contribution is -0.385. The van der Waals surface area contributed by atoms with Crippen LogP contribution in [0.2, 0.25) is 0 Å². The van der Waals surface area contributed by atoms with E-state index in [0.717, 1.165) is 5.56 Å². The molecule has 0 aliphatic carbocycles. The van der Waals surface area contributed by atoms with Gasteiger partial charge in [-0.1, -0.05) is 17.7 Å². The topological polar surface area (TPSA) is 65.1 Å². The van der Waals surface area contributed by atoms with Crippen LogP contribution in [0.1, 0.15) is 5.56 Å². The van der Waals surface area contributed by atoms with E-state index in [4.69, 9.17) is 0 Å². The first-order chi connectivity index (χ1) is 8.08. The number of nitrogens with zero attached hydrogens (tertiary/aromatic N) is 2. The molecule has 0 N–H and O–H groups in total. The number of nitro groups is 1. The average Bonchev–Trinajstić information content (AvgIpc) is 2.31. The summed E-state index contributed by atoms with van der Waals surface area (Å²) in [5, 5.41) is 10.6. The molecule has 1 aromatic carbocycles. The van der Waals surface area contributed by atoms with E-state index >= 15 is 0 Å². The summed E-state index contributed by atoms with van der Waals surface area (Å²) in [6.45, 7) is 1.93. The SMILES string of the molecule is Cc1ccc(-n2cc([N+](=O)[O-])ccc2=O)cc1. The minimum atomic E-state index is -0.524. The molecule has 5 nitrogen and oxygen atoms in total.